The van der Waals surface area contributed by atoms with E-state index in [9.17, 15) is 0 Å². The Labute approximate surface area is 127 Å². The normalized spacial score (nSPS) is 23.1. The molecule has 1 fully saturated rings. The Morgan fingerprint density at radius 2 is 2.15 bits per heavy atom. The van der Waals surface area contributed by atoms with Crippen molar-refractivity contribution in [2.45, 2.75) is 69.6 Å². The minimum Gasteiger partial charge on any atom is -0.370 e. The summed E-state index contributed by atoms with van der Waals surface area (Å²) in [5.74, 6) is 2.33. The maximum absolute atomic E-state index is 4.57. The molecule has 1 saturated carbocycles. The summed E-state index contributed by atoms with van der Waals surface area (Å²) in [5, 5.41) is 5.29. The van der Waals surface area contributed by atoms with Gasteiger partial charge in [0.1, 0.15) is 17.2 Å². The van der Waals surface area contributed by atoms with Gasteiger partial charge in [-0.05, 0) is 31.6 Å². The van der Waals surface area contributed by atoms with Gasteiger partial charge >= 0.3 is 0 Å². The summed E-state index contributed by atoms with van der Waals surface area (Å²) >= 11 is 1.97. The van der Waals surface area contributed by atoms with E-state index >= 15 is 0 Å². The van der Waals surface area contributed by atoms with Crippen LogP contribution in [0.3, 0.4) is 0 Å². The van der Waals surface area contributed by atoms with Gasteiger partial charge in [-0.25, -0.2) is 9.97 Å². The van der Waals surface area contributed by atoms with Gasteiger partial charge in [0, 0.05) is 17.4 Å². The molecule has 1 aliphatic rings. The highest BCUT2D eigenvalue weighted by Crippen LogP contribution is 2.39. The van der Waals surface area contributed by atoms with Gasteiger partial charge in [-0.15, -0.1) is 11.8 Å². The molecule has 2 unspecified atom stereocenters. The molecular weight excluding hydrogens is 266 g/mol. The predicted octanol–water partition coefficient (Wildman–Crippen LogP) is 4.70. The average molecular weight is 293 g/mol. The van der Waals surface area contributed by atoms with Crippen LogP contribution in [0.4, 0.5) is 5.82 Å². The molecule has 1 aliphatic carbocycles. The fourth-order valence-corrected chi connectivity index (χ4v) is 4.54. The number of rotatable bonds is 5. The van der Waals surface area contributed by atoms with Crippen LogP contribution >= 0.6 is 11.8 Å². The van der Waals surface area contributed by atoms with Gasteiger partial charge in [-0.3, -0.25) is 0 Å². The van der Waals surface area contributed by atoms with Crippen molar-refractivity contribution in [2.24, 2.45) is 5.92 Å². The Kier molecular flexibility index (Phi) is 5.70. The molecular formula is C16H27N3S. The van der Waals surface area contributed by atoms with E-state index < -0.39 is 0 Å². The SMILES string of the molecule is CCNc1ncnc(SC2CCCC(C)C2)c1C(C)C. The van der Waals surface area contributed by atoms with Crippen molar-refractivity contribution in [1.82, 2.24) is 9.97 Å². The first kappa shape index (κ1) is 15.6. The van der Waals surface area contributed by atoms with Gasteiger partial charge in [-0.1, -0.05) is 33.6 Å². The van der Waals surface area contributed by atoms with Gasteiger partial charge in [0.15, 0.2) is 0 Å². The maximum atomic E-state index is 4.57. The van der Waals surface area contributed by atoms with E-state index in [-0.39, 0.29) is 0 Å². The van der Waals surface area contributed by atoms with E-state index in [0.29, 0.717) is 5.92 Å². The second-order valence-electron chi connectivity index (χ2n) is 6.14. The van der Waals surface area contributed by atoms with Crippen molar-refractivity contribution in [3.8, 4) is 0 Å². The van der Waals surface area contributed by atoms with Crippen LogP contribution in [0.5, 0.6) is 0 Å². The minimum atomic E-state index is 0.453. The minimum absolute atomic E-state index is 0.453. The number of hydrogen-bond acceptors (Lipinski definition) is 4. The van der Waals surface area contributed by atoms with Crippen LogP contribution in [0.15, 0.2) is 11.4 Å². The molecule has 1 aromatic heterocycles. The smallest absolute Gasteiger partial charge is 0.133 e. The number of thioether (sulfide) groups is 1. The van der Waals surface area contributed by atoms with E-state index in [2.05, 4.69) is 43.0 Å². The molecule has 0 aromatic carbocycles. The quantitative estimate of drug-likeness (QED) is 0.798. The third kappa shape index (κ3) is 3.87. The monoisotopic (exact) mass is 293 g/mol. The van der Waals surface area contributed by atoms with Gasteiger partial charge in [-0.2, -0.15) is 0 Å². The molecule has 1 heterocycles. The van der Waals surface area contributed by atoms with Crippen molar-refractivity contribution in [3.63, 3.8) is 0 Å². The Morgan fingerprint density at radius 3 is 2.80 bits per heavy atom. The van der Waals surface area contributed by atoms with Crippen molar-refractivity contribution in [1.29, 1.82) is 0 Å². The zero-order valence-corrected chi connectivity index (χ0v) is 14.0. The lowest BCUT2D eigenvalue weighted by atomic mass is 9.91. The maximum Gasteiger partial charge on any atom is 0.133 e. The average Bonchev–Trinajstić information content (AvgIpc) is 2.39. The lowest BCUT2D eigenvalue weighted by molar-refractivity contribution is 0.394. The standard InChI is InChI=1S/C16H27N3S/c1-5-17-15-14(11(2)3)16(19-10-18-15)20-13-8-6-7-12(4)9-13/h10-13H,5-9H2,1-4H3,(H,17,18,19). The molecule has 0 radical (unpaired) electrons. The van der Waals surface area contributed by atoms with Gasteiger partial charge in [0.2, 0.25) is 0 Å². The second kappa shape index (κ2) is 7.30. The zero-order valence-electron chi connectivity index (χ0n) is 13.1. The third-order valence-electron chi connectivity index (χ3n) is 3.94. The predicted molar refractivity (Wildman–Crippen MR) is 87.6 cm³/mol. The summed E-state index contributed by atoms with van der Waals surface area (Å²) in [7, 11) is 0. The number of aromatic nitrogens is 2. The summed E-state index contributed by atoms with van der Waals surface area (Å²) in [5.41, 5.74) is 1.29. The summed E-state index contributed by atoms with van der Waals surface area (Å²) in [6, 6.07) is 0. The van der Waals surface area contributed by atoms with Crippen LogP contribution < -0.4 is 5.32 Å². The molecule has 0 spiro atoms. The lowest BCUT2D eigenvalue weighted by Gasteiger charge is -2.27. The highest BCUT2D eigenvalue weighted by Gasteiger charge is 2.23. The number of hydrogen-bond donors (Lipinski definition) is 1. The molecule has 0 bridgehead atoms. The first-order chi connectivity index (χ1) is 9.61. The van der Waals surface area contributed by atoms with Gasteiger partial charge in [0.05, 0.1) is 0 Å². The van der Waals surface area contributed by atoms with E-state index in [0.717, 1.165) is 23.5 Å². The fourth-order valence-electron chi connectivity index (χ4n) is 2.95. The molecule has 4 heteroatoms. The first-order valence-corrected chi connectivity index (χ1v) is 8.75. The molecule has 2 atom stereocenters. The van der Waals surface area contributed by atoms with Crippen LogP contribution in [0.25, 0.3) is 0 Å². The Bertz CT molecular complexity index is 434. The van der Waals surface area contributed by atoms with Crippen LogP contribution in [-0.4, -0.2) is 21.8 Å². The zero-order chi connectivity index (χ0) is 14.5. The summed E-state index contributed by atoms with van der Waals surface area (Å²) in [6.07, 6.45) is 7.11. The van der Waals surface area contributed by atoms with Crippen LogP contribution in [0.2, 0.25) is 0 Å². The fraction of sp³-hybridized carbons (Fsp3) is 0.750. The van der Waals surface area contributed by atoms with Crippen molar-refractivity contribution in [2.75, 3.05) is 11.9 Å². The second-order valence-corrected chi connectivity index (χ2v) is 7.43. The van der Waals surface area contributed by atoms with E-state index in [1.165, 1.54) is 36.3 Å². The van der Waals surface area contributed by atoms with Crippen LogP contribution in [-0.2, 0) is 0 Å². The summed E-state index contributed by atoms with van der Waals surface area (Å²) < 4.78 is 0. The molecule has 20 heavy (non-hydrogen) atoms. The molecule has 0 saturated heterocycles. The van der Waals surface area contributed by atoms with Gasteiger partial charge < -0.3 is 5.32 Å². The van der Waals surface area contributed by atoms with E-state index in [1.54, 1.807) is 6.33 Å². The molecule has 0 aliphatic heterocycles. The Balaban J connectivity index is 2.19. The van der Waals surface area contributed by atoms with Crippen LogP contribution in [0.1, 0.15) is 64.9 Å². The summed E-state index contributed by atoms with van der Waals surface area (Å²) in [6.45, 7) is 9.85. The molecule has 112 valence electrons. The molecule has 2 rings (SSSR count). The lowest BCUT2D eigenvalue weighted by Crippen LogP contribution is -2.16. The number of nitrogens with zero attached hydrogens (tertiary/aromatic N) is 2. The Morgan fingerprint density at radius 1 is 1.35 bits per heavy atom. The number of anilines is 1. The van der Waals surface area contributed by atoms with Crippen molar-refractivity contribution < 1.29 is 0 Å². The topological polar surface area (TPSA) is 37.8 Å². The first-order valence-electron chi connectivity index (χ1n) is 7.87. The number of nitrogens with one attached hydrogen (secondary N) is 1. The molecule has 1 aromatic rings. The van der Waals surface area contributed by atoms with E-state index in [4.69, 9.17) is 0 Å². The highest BCUT2D eigenvalue weighted by atomic mass is 32.2. The van der Waals surface area contributed by atoms with Crippen LogP contribution in [0, 0.1) is 5.92 Å². The highest BCUT2D eigenvalue weighted by molar-refractivity contribution is 7.99. The molecule has 3 nitrogen and oxygen atoms in total. The largest absolute Gasteiger partial charge is 0.370 e. The third-order valence-corrected chi connectivity index (χ3v) is 5.25. The Hall–Kier alpha value is -0.770. The van der Waals surface area contributed by atoms with Gasteiger partial charge in [0.25, 0.3) is 0 Å². The van der Waals surface area contributed by atoms with E-state index in [1.807, 2.05) is 11.8 Å². The van der Waals surface area contributed by atoms with Crippen molar-refractivity contribution in [3.05, 3.63) is 11.9 Å². The molecule has 0 amide bonds. The summed E-state index contributed by atoms with van der Waals surface area (Å²) in [4.78, 5) is 9.00. The van der Waals surface area contributed by atoms with Crippen molar-refractivity contribution >= 4 is 17.6 Å². The molecule has 1 N–H and O–H groups in total.